The number of carbonyl (C=O) groups is 2. The number of hydrogen-bond acceptors (Lipinski definition) is 2. The molecule has 21 heavy (non-hydrogen) atoms. The van der Waals surface area contributed by atoms with Gasteiger partial charge in [-0.15, -0.1) is 0 Å². The average Bonchev–Trinajstić information content (AvgIpc) is 2.52. The summed E-state index contributed by atoms with van der Waals surface area (Å²) < 4.78 is 12.6. The number of alkyl halides is 1. The van der Waals surface area contributed by atoms with Crippen LogP contribution < -0.4 is 5.32 Å². The number of hydrogen-bond donors (Lipinski definition) is 1. The molecule has 1 heterocycles. The van der Waals surface area contributed by atoms with E-state index in [9.17, 15) is 14.0 Å². The van der Waals surface area contributed by atoms with Crippen molar-refractivity contribution in [3.8, 4) is 0 Å². The van der Waals surface area contributed by atoms with Gasteiger partial charge in [-0.25, -0.2) is 0 Å². The van der Waals surface area contributed by atoms with Gasteiger partial charge in [0.2, 0.25) is 11.8 Å². The minimum Gasteiger partial charge on any atom is -0.340 e. The molecule has 2 aliphatic rings. The van der Waals surface area contributed by atoms with Gasteiger partial charge >= 0.3 is 0 Å². The van der Waals surface area contributed by atoms with E-state index in [0.717, 1.165) is 19.3 Å². The highest BCUT2D eigenvalue weighted by Crippen LogP contribution is 2.40. The standard InChI is InChI=1S/C16H27FN2O2/c1-3-15(4-2)14(21)19(12-8-11-17)16(13(20)18-15)9-6-5-7-10-16/h3-12H2,1-2H3,(H,18,20). The quantitative estimate of drug-likeness (QED) is 0.848. The Labute approximate surface area is 126 Å². The maximum Gasteiger partial charge on any atom is 0.249 e. The summed E-state index contributed by atoms with van der Waals surface area (Å²) in [4.78, 5) is 27.6. The molecule has 2 fully saturated rings. The van der Waals surface area contributed by atoms with Crippen LogP contribution in [0.1, 0.15) is 65.2 Å². The van der Waals surface area contributed by atoms with Crippen LogP contribution in [0.5, 0.6) is 0 Å². The van der Waals surface area contributed by atoms with Crippen molar-refractivity contribution < 1.29 is 14.0 Å². The molecular weight excluding hydrogens is 271 g/mol. The molecule has 2 amide bonds. The lowest BCUT2D eigenvalue weighted by molar-refractivity contribution is -0.166. The van der Waals surface area contributed by atoms with E-state index < -0.39 is 17.8 Å². The third-order valence-corrected chi connectivity index (χ3v) is 5.35. The lowest BCUT2D eigenvalue weighted by Crippen LogP contribution is -2.76. The van der Waals surface area contributed by atoms with E-state index in [4.69, 9.17) is 0 Å². The van der Waals surface area contributed by atoms with Crippen LogP contribution in [0.25, 0.3) is 0 Å². The smallest absolute Gasteiger partial charge is 0.249 e. The Hall–Kier alpha value is -1.13. The van der Waals surface area contributed by atoms with E-state index in [-0.39, 0.29) is 11.8 Å². The lowest BCUT2D eigenvalue weighted by Gasteiger charge is -2.54. The van der Waals surface area contributed by atoms with Crippen molar-refractivity contribution in [3.05, 3.63) is 0 Å². The predicted octanol–water partition coefficient (Wildman–Crippen LogP) is 2.57. The summed E-state index contributed by atoms with van der Waals surface area (Å²) in [7, 11) is 0. The summed E-state index contributed by atoms with van der Waals surface area (Å²) in [6.45, 7) is 3.75. The van der Waals surface area contributed by atoms with Crippen LogP contribution >= 0.6 is 0 Å². The number of carbonyl (C=O) groups excluding carboxylic acids is 2. The summed E-state index contributed by atoms with van der Waals surface area (Å²) in [6.07, 6.45) is 5.90. The van der Waals surface area contributed by atoms with E-state index in [1.54, 1.807) is 4.90 Å². The molecule has 1 aliphatic heterocycles. The molecule has 1 saturated heterocycles. The second-order valence-corrected chi connectivity index (χ2v) is 6.33. The predicted molar refractivity (Wildman–Crippen MR) is 79.6 cm³/mol. The maximum absolute atomic E-state index is 13.0. The molecule has 0 atom stereocenters. The highest BCUT2D eigenvalue weighted by atomic mass is 19.1. The lowest BCUT2D eigenvalue weighted by atomic mass is 9.74. The third-order valence-electron chi connectivity index (χ3n) is 5.35. The van der Waals surface area contributed by atoms with Crippen LogP contribution in [0, 0.1) is 0 Å². The average molecular weight is 298 g/mol. The number of amides is 2. The van der Waals surface area contributed by atoms with E-state index in [1.165, 1.54) is 0 Å². The number of rotatable bonds is 5. The van der Waals surface area contributed by atoms with Crippen LogP contribution in [-0.2, 0) is 9.59 Å². The maximum atomic E-state index is 13.0. The fourth-order valence-corrected chi connectivity index (χ4v) is 3.86. The number of nitrogens with one attached hydrogen (secondary N) is 1. The first-order chi connectivity index (χ1) is 10.1. The van der Waals surface area contributed by atoms with Gasteiger partial charge in [0.1, 0.15) is 11.1 Å². The van der Waals surface area contributed by atoms with Gasteiger partial charge in [0.15, 0.2) is 0 Å². The van der Waals surface area contributed by atoms with E-state index in [1.807, 2.05) is 13.8 Å². The molecule has 0 aromatic carbocycles. The van der Waals surface area contributed by atoms with Gasteiger partial charge in [-0.2, -0.15) is 0 Å². The summed E-state index contributed by atoms with van der Waals surface area (Å²) in [5.74, 6) is -0.0354. The van der Waals surface area contributed by atoms with Gasteiger partial charge in [0, 0.05) is 6.54 Å². The van der Waals surface area contributed by atoms with Gasteiger partial charge < -0.3 is 10.2 Å². The Balaban J connectivity index is 2.37. The first-order valence-electron chi connectivity index (χ1n) is 8.27. The molecule has 0 aromatic heterocycles. The monoisotopic (exact) mass is 298 g/mol. The van der Waals surface area contributed by atoms with Crippen molar-refractivity contribution in [3.63, 3.8) is 0 Å². The molecule has 1 N–H and O–H groups in total. The fraction of sp³-hybridized carbons (Fsp3) is 0.875. The molecule has 0 bridgehead atoms. The summed E-state index contributed by atoms with van der Waals surface area (Å²) in [5.41, 5.74) is -1.52. The summed E-state index contributed by atoms with van der Waals surface area (Å²) in [6, 6.07) is 0. The van der Waals surface area contributed by atoms with E-state index in [0.29, 0.717) is 38.6 Å². The fourth-order valence-electron chi connectivity index (χ4n) is 3.86. The molecule has 0 radical (unpaired) electrons. The van der Waals surface area contributed by atoms with Crippen molar-refractivity contribution >= 4 is 11.8 Å². The molecular formula is C16H27FN2O2. The Bertz CT molecular complexity index is 401. The Morgan fingerprint density at radius 1 is 1.14 bits per heavy atom. The Kier molecular flexibility index (Phi) is 4.89. The first-order valence-corrected chi connectivity index (χ1v) is 8.27. The molecule has 5 heteroatoms. The molecule has 2 rings (SSSR count). The van der Waals surface area contributed by atoms with Crippen LogP contribution in [0.2, 0.25) is 0 Å². The zero-order chi connectivity index (χ0) is 15.5. The SMILES string of the molecule is CCC1(CC)NC(=O)C2(CCCCC2)N(CCCF)C1=O. The minimum atomic E-state index is -0.796. The van der Waals surface area contributed by atoms with Crippen molar-refractivity contribution in [1.29, 1.82) is 0 Å². The van der Waals surface area contributed by atoms with Crippen molar-refractivity contribution in [1.82, 2.24) is 10.2 Å². The first kappa shape index (κ1) is 16.2. The molecule has 0 unspecified atom stereocenters. The van der Waals surface area contributed by atoms with Crippen LogP contribution in [0.4, 0.5) is 4.39 Å². The molecule has 1 aliphatic carbocycles. The zero-order valence-electron chi connectivity index (χ0n) is 13.2. The molecule has 1 saturated carbocycles. The Morgan fingerprint density at radius 3 is 2.29 bits per heavy atom. The highest BCUT2D eigenvalue weighted by Gasteiger charge is 2.56. The van der Waals surface area contributed by atoms with Crippen molar-refractivity contribution in [2.45, 2.75) is 76.3 Å². The normalized spacial score (nSPS) is 24.2. The number of piperazine rings is 1. The zero-order valence-corrected chi connectivity index (χ0v) is 13.2. The van der Waals surface area contributed by atoms with Crippen LogP contribution in [-0.4, -0.2) is 41.0 Å². The van der Waals surface area contributed by atoms with Gasteiger partial charge in [-0.1, -0.05) is 33.1 Å². The molecule has 120 valence electrons. The van der Waals surface area contributed by atoms with Crippen LogP contribution in [0.15, 0.2) is 0 Å². The largest absolute Gasteiger partial charge is 0.340 e. The summed E-state index contributed by atoms with van der Waals surface area (Å²) in [5, 5.41) is 3.02. The van der Waals surface area contributed by atoms with Gasteiger partial charge in [0.25, 0.3) is 0 Å². The highest BCUT2D eigenvalue weighted by molar-refractivity contribution is 6.02. The molecule has 0 aromatic rings. The number of halogens is 1. The van der Waals surface area contributed by atoms with Crippen molar-refractivity contribution in [2.75, 3.05) is 13.2 Å². The Morgan fingerprint density at radius 2 is 1.76 bits per heavy atom. The minimum absolute atomic E-state index is 0.0116. The molecule has 1 spiro atoms. The van der Waals surface area contributed by atoms with Gasteiger partial charge in [-0.3, -0.25) is 14.0 Å². The second kappa shape index (κ2) is 6.32. The van der Waals surface area contributed by atoms with Crippen LogP contribution in [0.3, 0.4) is 0 Å². The number of nitrogens with zero attached hydrogens (tertiary/aromatic N) is 1. The second-order valence-electron chi connectivity index (χ2n) is 6.33. The third kappa shape index (κ3) is 2.55. The topological polar surface area (TPSA) is 49.4 Å². The van der Waals surface area contributed by atoms with E-state index >= 15 is 0 Å². The molecule has 4 nitrogen and oxygen atoms in total. The van der Waals surface area contributed by atoms with Crippen molar-refractivity contribution in [2.24, 2.45) is 0 Å². The summed E-state index contributed by atoms with van der Waals surface area (Å²) >= 11 is 0. The van der Waals surface area contributed by atoms with E-state index in [2.05, 4.69) is 5.32 Å². The van der Waals surface area contributed by atoms with Gasteiger partial charge in [-0.05, 0) is 32.1 Å². The van der Waals surface area contributed by atoms with Gasteiger partial charge in [0.05, 0.1) is 6.67 Å².